The standard InChI is InChI=1S/C12H15N3O3/c1-14-7-10(12(17)18)15(8-11(14)16)6-9-2-4-13-5-3-9/h2-5,10H,6-8H2,1H3,(H,17,18). The second-order valence-electron chi connectivity index (χ2n) is 4.39. The van der Waals surface area contributed by atoms with Crippen LogP contribution in [0.3, 0.4) is 0 Å². The van der Waals surface area contributed by atoms with E-state index in [1.54, 1.807) is 24.3 Å². The second kappa shape index (κ2) is 5.14. The fourth-order valence-electron chi connectivity index (χ4n) is 2.00. The molecule has 0 radical (unpaired) electrons. The van der Waals surface area contributed by atoms with Crippen molar-refractivity contribution < 1.29 is 14.7 Å². The van der Waals surface area contributed by atoms with Crippen molar-refractivity contribution in [2.75, 3.05) is 20.1 Å². The molecule has 1 aliphatic heterocycles. The number of hydrogen-bond donors (Lipinski definition) is 1. The van der Waals surface area contributed by atoms with E-state index in [2.05, 4.69) is 4.98 Å². The van der Waals surface area contributed by atoms with E-state index in [0.29, 0.717) is 6.54 Å². The van der Waals surface area contributed by atoms with Crippen LogP contribution in [0.4, 0.5) is 0 Å². The van der Waals surface area contributed by atoms with Gasteiger partial charge in [0, 0.05) is 32.5 Å². The minimum absolute atomic E-state index is 0.0541. The predicted molar refractivity (Wildman–Crippen MR) is 63.7 cm³/mol. The van der Waals surface area contributed by atoms with E-state index in [4.69, 9.17) is 0 Å². The molecule has 0 saturated carbocycles. The maximum absolute atomic E-state index is 11.6. The molecule has 1 saturated heterocycles. The van der Waals surface area contributed by atoms with Crippen LogP contribution >= 0.6 is 0 Å². The van der Waals surface area contributed by atoms with E-state index in [9.17, 15) is 14.7 Å². The minimum atomic E-state index is -0.900. The Morgan fingerprint density at radius 2 is 2.17 bits per heavy atom. The van der Waals surface area contributed by atoms with Gasteiger partial charge in [-0.3, -0.25) is 19.5 Å². The van der Waals surface area contributed by atoms with Crippen LogP contribution in [0.2, 0.25) is 0 Å². The SMILES string of the molecule is CN1CC(C(=O)O)N(Cc2ccncc2)CC1=O. The molecule has 18 heavy (non-hydrogen) atoms. The summed E-state index contributed by atoms with van der Waals surface area (Å²) in [6, 6.07) is 2.99. The minimum Gasteiger partial charge on any atom is -0.480 e. The predicted octanol–water partition coefficient (Wildman–Crippen LogP) is -0.191. The molecule has 1 aliphatic rings. The number of likely N-dealkylation sites (N-methyl/N-ethyl adjacent to an activating group) is 1. The van der Waals surface area contributed by atoms with Gasteiger partial charge in [-0.1, -0.05) is 0 Å². The van der Waals surface area contributed by atoms with E-state index in [1.165, 1.54) is 4.90 Å². The van der Waals surface area contributed by atoms with Crippen molar-refractivity contribution in [1.29, 1.82) is 0 Å². The summed E-state index contributed by atoms with van der Waals surface area (Å²) in [7, 11) is 1.63. The van der Waals surface area contributed by atoms with E-state index in [1.807, 2.05) is 12.1 Å². The molecule has 2 heterocycles. The maximum Gasteiger partial charge on any atom is 0.322 e. The third-order valence-electron chi connectivity index (χ3n) is 3.07. The van der Waals surface area contributed by atoms with Crippen LogP contribution in [0.15, 0.2) is 24.5 Å². The number of carboxylic acids is 1. The molecule has 1 aromatic heterocycles. The zero-order chi connectivity index (χ0) is 13.1. The van der Waals surface area contributed by atoms with Gasteiger partial charge in [-0.15, -0.1) is 0 Å². The summed E-state index contributed by atoms with van der Waals surface area (Å²) < 4.78 is 0. The first-order valence-electron chi connectivity index (χ1n) is 5.67. The molecule has 6 nitrogen and oxygen atoms in total. The van der Waals surface area contributed by atoms with Crippen LogP contribution in [0.5, 0.6) is 0 Å². The molecule has 6 heteroatoms. The number of nitrogens with zero attached hydrogens (tertiary/aromatic N) is 3. The van der Waals surface area contributed by atoms with Gasteiger partial charge in [-0.25, -0.2) is 0 Å². The first-order chi connectivity index (χ1) is 8.58. The topological polar surface area (TPSA) is 73.7 Å². The van der Waals surface area contributed by atoms with Gasteiger partial charge in [0.2, 0.25) is 5.91 Å². The Kier molecular flexibility index (Phi) is 3.57. The molecule has 96 valence electrons. The summed E-state index contributed by atoms with van der Waals surface area (Å²) in [6.07, 6.45) is 3.31. The lowest BCUT2D eigenvalue weighted by molar-refractivity contribution is -0.151. The monoisotopic (exact) mass is 249 g/mol. The number of aliphatic carboxylic acids is 1. The molecule has 1 fully saturated rings. The van der Waals surface area contributed by atoms with E-state index in [-0.39, 0.29) is 19.0 Å². The molecule has 1 aromatic rings. The molecule has 0 spiro atoms. The van der Waals surface area contributed by atoms with Gasteiger partial charge >= 0.3 is 5.97 Å². The highest BCUT2D eigenvalue weighted by Gasteiger charge is 2.34. The Balaban J connectivity index is 2.13. The Morgan fingerprint density at radius 3 is 2.78 bits per heavy atom. The number of aromatic nitrogens is 1. The van der Waals surface area contributed by atoms with Crippen molar-refractivity contribution in [1.82, 2.24) is 14.8 Å². The molecule has 1 N–H and O–H groups in total. The summed E-state index contributed by atoms with van der Waals surface area (Å²) in [5.41, 5.74) is 0.952. The number of pyridine rings is 1. The van der Waals surface area contributed by atoms with Crippen molar-refractivity contribution in [2.45, 2.75) is 12.6 Å². The average molecular weight is 249 g/mol. The number of rotatable bonds is 3. The molecule has 2 rings (SSSR count). The zero-order valence-corrected chi connectivity index (χ0v) is 10.1. The Bertz CT molecular complexity index is 449. The normalized spacial score (nSPS) is 21.1. The fraction of sp³-hybridized carbons (Fsp3) is 0.417. The highest BCUT2D eigenvalue weighted by atomic mass is 16.4. The van der Waals surface area contributed by atoms with Crippen LogP contribution in [0.25, 0.3) is 0 Å². The van der Waals surface area contributed by atoms with E-state index >= 15 is 0 Å². The van der Waals surface area contributed by atoms with Gasteiger partial charge in [0.05, 0.1) is 6.54 Å². The van der Waals surface area contributed by atoms with Crippen molar-refractivity contribution >= 4 is 11.9 Å². The number of hydrogen-bond acceptors (Lipinski definition) is 4. The molecule has 1 unspecified atom stereocenters. The van der Waals surface area contributed by atoms with Crippen molar-refractivity contribution in [3.05, 3.63) is 30.1 Å². The lowest BCUT2D eigenvalue weighted by Gasteiger charge is -2.37. The number of carbonyl (C=O) groups is 2. The van der Waals surface area contributed by atoms with Crippen LogP contribution in [0.1, 0.15) is 5.56 Å². The fourth-order valence-corrected chi connectivity index (χ4v) is 2.00. The first-order valence-corrected chi connectivity index (χ1v) is 5.67. The second-order valence-corrected chi connectivity index (χ2v) is 4.39. The highest BCUT2D eigenvalue weighted by Crippen LogP contribution is 2.13. The van der Waals surface area contributed by atoms with Crippen LogP contribution < -0.4 is 0 Å². The summed E-state index contributed by atoms with van der Waals surface area (Å²) in [6.45, 7) is 0.800. The molecular formula is C12H15N3O3. The van der Waals surface area contributed by atoms with Gasteiger partial charge in [-0.2, -0.15) is 0 Å². The number of carboxylic acid groups (broad SMARTS) is 1. The Hall–Kier alpha value is -1.95. The average Bonchev–Trinajstić information content (AvgIpc) is 2.34. The molecule has 1 atom stereocenters. The molecule has 0 aliphatic carbocycles. The zero-order valence-electron chi connectivity index (χ0n) is 10.1. The third-order valence-corrected chi connectivity index (χ3v) is 3.07. The van der Waals surface area contributed by atoms with Gasteiger partial charge in [0.15, 0.2) is 0 Å². The summed E-state index contributed by atoms with van der Waals surface area (Å²) in [5.74, 6) is -0.954. The van der Waals surface area contributed by atoms with Crippen LogP contribution in [0, 0.1) is 0 Å². The summed E-state index contributed by atoms with van der Waals surface area (Å²) in [5, 5.41) is 9.20. The summed E-state index contributed by atoms with van der Waals surface area (Å²) >= 11 is 0. The number of carbonyl (C=O) groups excluding carboxylic acids is 1. The van der Waals surface area contributed by atoms with Gasteiger partial charge in [0.1, 0.15) is 6.04 Å². The number of piperazine rings is 1. The van der Waals surface area contributed by atoms with Crippen LogP contribution in [-0.4, -0.2) is 57.9 Å². The highest BCUT2D eigenvalue weighted by molar-refractivity contribution is 5.83. The first kappa shape index (κ1) is 12.5. The molecule has 0 bridgehead atoms. The van der Waals surface area contributed by atoms with E-state index in [0.717, 1.165) is 5.56 Å². The van der Waals surface area contributed by atoms with Crippen molar-refractivity contribution in [2.24, 2.45) is 0 Å². The molecular weight excluding hydrogens is 234 g/mol. The lowest BCUT2D eigenvalue weighted by atomic mass is 10.1. The number of amides is 1. The van der Waals surface area contributed by atoms with Gasteiger partial charge < -0.3 is 10.0 Å². The van der Waals surface area contributed by atoms with Crippen molar-refractivity contribution in [3.8, 4) is 0 Å². The summed E-state index contributed by atoms with van der Waals surface area (Å²) in [4.78, 5) is 29.9. The Morgan fingerprint density at radius 1 is 1.50 bits per heavy atom. The van der Waals surface area contributed by atoms with Gasteiger partial charge in [0.25, 0.3) is 0 Å². The molecule has 1 amide bonds. The van der Waals surface area contributed by atoms with Crippen molar-refractivity contribution in [3.63, 3.8) is 0 Å². The smallest absolute Gasteiger partial charge is 0.322 e. The Labute approximate surface area is 105 Å². The maximum atomic E-state index is 11.6. The third kappa shape index (κ3) is 2.65. The quantitative estimate of drug-likeness (QED) is 0.803. The van der Waals surface area contributed by atoms with E-state index < -0.39 is 12.0 Å². The van der Waals surface area contributed by atoms with Crippen LogP contribution in [-0.2, 0) is 16.1 Å². The molecule has 0 aromatic carbocycles. The largest absolute Gasteiger partial charge is 0.480 e. The lowest BCUT2D eigenvalue weighted by Crippen LogP contribution is -2.57. The van der Waals surface area contributed by atoms with Gasteiger partial charge in [-0.05, 0) is 17.7 Å².